The predicted molar refractivity (Wildman–Crippen MR) is 51.9 cm³/mol. The van der Waals surface area contributed by atoms with Crippen molar-refractivity contribution in [1.82, 2.24) is 0 Å². The van der Waals surface area contributed by atoms with Gasteiger partial charge in [0.2, 0.25) is 0 Å². The van der Waals surface area contributed by atoms with Crippen LogP contribution >= 0.6 is 0 Å². The summed E-state index contributed by atoms with van der Waals surface area (Å²) in [6, 6.07) is 3.40. The monoisotopic (exact) mass is 196 g/mol. The molecule has 0 fully saturated rings. The van der Waals surface area contributed by atoms with Gasteiger partial charge in [-0.05, 0) is 31.9 Å². The van der Waals surface area contributed by atoms with Crippen LogP contribution in [0.15, 0.2) is 12.1 Å². The lowest BCUT2D eigenvalue weighted by atomic mass is 9.94. The van der Waals surface area contributed by atoms with Gasteiger partial charge < -0.3 is 5.11 Å². The van der Waals surface area contributed by atoms with Crippen molar-refractivity contribution in [3.05, 3.63) is 34.6 Å². The molecule has 1 atom stereocenters. The Morgan fingerprint density at radius 2 is 1.86 bits per heavy atom. The molecule has 14 heavy (non-hydrogen) atoms. The first-order valence-corrected chi connectivity index (χ1v) is 4.43. The summed E-state index contributed by atoms with van der Waals surface area (Å²) < 4.78 is 13.6. The van der Waals surface area contributed by atoms with Crippen LogP contribution in [0.5, 0.6) is 0 Å². The van der Waals surface area contributed by atoms with Gasteiger partial charge in [-0.1, -0.05) is 12.1 Å². The van der Waals surface area contributed by atoms with Gasteiger partial charge in [0, 0.05) is 5.56 Å². The SMILES string of the molecule is Cc1ccc(C)c(C(C)C(=O)O)c1F. The van der Waals surface area contributed by atoms with Crippen LogP contribution in [0.1, 0.15) is 29.5 Å². The number of hydrogen-bond donors (Lipinski definition) is 1. The van der Waals surface area contributed by atoms with Gasteiger partial charge in [-0.3, -0.25) is 4.79 Å². The molecular formula is C11H13FO2. The van der Waals surface area contributed by atoms with E-state index in [1.165, 1.54) is 6.92 Å². The Labute approximate surface area is 82.4 Å². The Hall–Kier alpha value is -1.38. The summed E-state index contributed by atoms with van der Waals surface area (Å²) in [5, 5.41) is 8.81. The third-order valence-electron chi connectivity index (χ3n) is 2.39. The summed E-state index contributed by atoms with van der Waals surface area (Å²) >= 11 is 0. The van der Waals surface area contributed by atoms with E-state index in [0.717, 1.165) is 0 Å². The van der Waals surface area contributed by atoms with Crippen molar-refractivity contribution in [1.29, 1.82) is 0 Å². The molecule has 0 saturated heterocycles. The fourth-order valence-electron chi connectivity index (χ4n) is 1.45. The van der Waals surface area contributed by atoms with E-state index in [0.29, 0.717) is 11.1 Å². The van der Waals surface area contributed by atoms with Crippen molar-refractivity contribution in [2.75, 3.05) is 0 Å². The number of aryl methyl sites for hydroxylation is 2. The van der Waals surface area contributed by atoms with E-state index >= 15 is 0 Å². The average molecular weight is 196 g/mol. The molecule has 0 aromatic heterocycles. The quantitative estimate of drug-likeness (QED) is 0.789. The number of aliphatic carboxylic acids is 1. The van der Waals surface area contributed by atoms with Gasteiger partial charge in [-0.25, -0.2) is 4.39 Å². The van der Waals surface area contributed by atoms with Gasteiger partial charge >= 0.3 is 5.97 Å². The first-order valence-electron chi connectivity index (χ1n) is 4.43. The van der Waals surface area contributed by atoms with Crippen LogP contribution in [0.2, 0.25) is 0 Å². The zero-order valence-electron chi connectivity index (χ0n) is 8.47. The second kappa shape index (κ2) is 3.78. The van der Waals surface area contributed by atoms with Gasteiger partial charge in [-0.15, -0.1) is 0 Å². The average Bonchev–Trinajstić information content (AvgIpc) is 2.12. The van der Waals surface area contributed by atoms with Crippen molar-refractivity contribution in [3.63, 3.8) is 0 Å². The van der Waals surface area contributed by atoms with Crippen LogP contribution < -0.4 is 0 Å². The van der Waals surface area contributed by atoms with Crippen molar-refractivity contribution >= 4 is 5.97 Å². The molecule has 1 aromatic rings. The molecule has 0 saturated carbocycles. The molecular weight excluding hydrogens is 183 g/mol. The summed E-state index contributed by atoms with van der Waals surface area (Å²) in [6.07, 6.45) is 0. The highest BCUT2D eigenvalue weighted by Crippen LogP contribution is 2.25. The molecule has 0 radical (unpaired) electrons. The number of halogens is 1. The lowest BCUT2D eigenvalue weighted by Crippen LogP contribution is -2.11. The van der Waals surface area contributed by atoms with Gasteiger partial charge in [0.05, 0.1) is 5.92 Å². The number of hydrogen-bond acceptors (Lipinski definition) is 1. The van der Waals surface area contributed by atoms with Gasteiger partial charge in [-0.2, -0.15) is 0 Å². The van der Waals surface area contributed by atoms with Gasteiger partial charge in [0.1, 0.15) is 5.82 Å². The Morgan fingerprint density at radius 1 is 1.36 bits per heavy atom. The molecule has 76 valence electrons. The highest BCUT2D eigenvalue weighted by Gasteiger charge is 2.20. The topological polar surface area (TPSA) is 37.3 Å². The lowest BCUT2D eigenvalue weighted by molar-refractivity contribution is -0.138. The van der Waals surface area contributed by atoms with E-state index in [9.17, 15) is 9.18 Å². The highest BCUT2D eigenvalue weighted by atomic mass is 19.1. The van der Waals surface area contributed by atoms with Crippen molar-refractivity contribution in [2.24, 2.45) is 0 Å². The van der Waals surface area contributed by atoms with Crippen molar-refractivity contribution in [3.8, 4) is 0 Å². The number of carbonyl (C=O) groups is 1. The molecule has 0 aliphatic rings. The minimum Gasteiger partial charge on any atom is -0.481 e. The summed E-state index contributed by atoms with van der Waals surface area (Å²) in [5.41, 5.74) is 1.46. The third-order valence-corrected chi connectivity index (χ3v) is 2.39. The maximum atomic E-state index is 13.6. The van der Waals surface area contributed by atoms with E-state index in [2.05, 4.69) is 0 Å². The zero-order chi connectivity index (χ0) is 10.9. The lowest BCUT2D eigenvalue weighted by Gasteiger charge is -2.12. The minimum absolute atomic E-state index is 0.289. The summed E-state index contributed by atoms with van der Waals surface area (Å²) in [7, 11) is 0. The third kappa shape index (κ3) is 1.76. The molecule has 1 rings (SSSR count). The largest absolute Gasteiger partial charge is 0.481 e. The number of rotatable bonds is 2. The van der Waals surface area contributed by atoms with Crippen LogP contribution in [0, 0.1) is 19.7 Å². The normalized spacial score (nSPS) is 12.6. The van der Waals surface area contributed by atoms with E-state index in [1.54, 1.807) is 26.0 Å². The molecule has 0 heterocycles. The molecule has 1 aromatic carbocycles. The van der Waals surface area contributed by atoms with Crippen LogP contribution in [-0.2, 0) is 4.79 Å². The summed E-state index contributed by atoms with van der Waals surface area (Å²) in [6.45, 7) is 4.84. The fraction of sp³-hybridized carbons (Fsp3) is 0.364. The summed E-state index contributed by atoms with van der Waals surface area (Å²) in [5.74, 6) is -2.20. The Morgan fingerprint density at radius 3 is 2.36 bits per heavy atom. The molecule has 0 aliphatic heterocycles. The summed E-state index contributed by atoms with van der Waals surface area (Å²) in [4.78, 5) is 10.7. The Bertz CT molecular complexity index is 372. The molecule has 0 aliphatic carbocycles. The van der Waals surface area contributed by atoms with E-state index in [-0.39, 0.29) is 5.56 Å². The molecule has 1 N–H and O–H groups in total. The Balaban J connectivity index is 3.32. The predicted octanol–water partition coefficient (Wildman–Crippen LogP) is 2.63. The molecule has 0 bridgehead atoms. The molecule has 3 heteroatoms. The zero-order valence-corrected chi connectivity index (χ0v) is 8.47. The smallest absolute Gasteiger partial charge is 0.310 e. The van der Waals surface area contributed by atoms with E-state index in [1.807, 2.05) is 0 Å². The maximum Gasteiger partial charge on any atom is 0.310 e. The molecule has 2 nitrogen and oxygen atoms in total. The second-order valence-corrected chi connectivity index (χ2v) is 3.49. The first kappa shape index (κ1) is 10.7. The minimum atomic E-state index is -1.00. The second-order valence-electron chi connectivity index (χ2n) is 3.49. The van der Waals surface area contributed by atoms with Crippen molar-refractivity contribution in [2.45, 2.75) is 26.7 Å². The standard InChI is InChI=1S/C11H13FO2/c1-6-4-5-7(2)10(12)9(6)8(3)11(13)14/h4-5,8H,1-3H3,(H,13,14). The highest BCUT2D eigenvalue weighted by molar-refractivity contribution is 5.76. The number of carboxylic acids is 1. The van der Waals surface area contributed by atoms with Crippen molar-refractivity contribution < 1.29 is 14.3 Å². The van der Waals surface area contributed by atoms with Gasteiger partial charge in [0.25, 0.3) is 0 Å². The molecule has 0 spiro atoms. The Kier molecular flexibility index (Phi) is 2.89. The van der Waals surface area contributed by atoms with Crippen LogP contribution in [0.3, 0.4) is 0 Å². The van der Waals surface area contributed by atoms with E-state index in [4.69, 9.17) is 5.11 Å². The number of benzene rings is 1. The van der Waals surface area contributed by atoms with E-state index < -0.39 is 17.7 Å². The van der Waals surface area contributed by atoms with Gasteiger partial charge in [0.15, 0.2) is 0 Å². The first-order chi connectivity index (χ1) is 6.45. The van der Waals surface area contributed by atoms with Crippen LogP contribution in [0.4, 0.5) is 4.39 Å². The number of carboxylic acid groups (broad SMARTS) is 1. The molecule has 1 unspecified atom stereocenters. The van der Waals surface area contributed by atoms with Crippen LogP contribution in [-0.4, -0.2) is 11.1 Å². The maximum absolute atomic E-state index is 13.6. The fourth-order valence-corrected chi connectivity index (χ4v) is 1.45. The van der Waals surface area contributed by atoms with Crippen LogP contribution in [0.25, 0.3) is 0 Å². The molecule has 0 amide bonds.